The minimum Gasteiger partial charge on any atom is -0.471 e. The molecule has 1 aromatic rings. The summed E-state index contributed by atoms with van der Waals surface area (Å²) in [4.78, 5) is 14.1. The fraction of sp³-hybridized carbons (Fsp3) is 0.500. The minimum absolute atomic E-state index is 0.110. The molecule has 0 fully saturated rings. The lowest BCUT2D eigenvalue weighted by Gasteiger charge is -2.25. The van der Waals surface area contributed by atoms with Crippen molar-refractivity contribution in [3.8, 4) is 11.9 Å². The Morgan fingerprint density at radius 3 is 2.68 bits per heavy atom. The number of nitro groups is 1. The van der Waals surface area contributed by atoms with Crippen LogP contribution in [-0.4, -0.2) is 22.1 Å². The van der Waals surface area contributed by atoms with Gasteiger partial charge in [0.15, 0.2) is 0 Å². The van der Waals surface area contributed by atoms with Crippen LogP contribution in [0.4, 0.5) is 5.69 Å². The summed E-state index contributed by atoms with van der Waals surface area (Å²) in [5.41, 5.74) is 5.30. The number of nitriles is 1. The fourth-order valence-corrected chi connectivity index (χ4v) is 1.41. The van der Waals surface area contributed by atoms with Crippen molar-refractivity contribution in [2.75, 3.05) is 6.61 Å². The predicted octanol–water partition coefficient (Wildman–Crippen LogP) is 1.76. The SMILES string of the molecule is CCC(N)(CC)COc1ncc(C#N)cc1[N+](=O)[O-]. The van der Waals surface area contributed by atoms with Gasteiger partial charge in [0.2, 0.25) is 0 Å². The molecule has 0 saturated carbocycles. The van der Waals surface area contributed by atoms with E-state index in [1.165, 1.54) is 6.20 Å². The fourth-order valence-electron chi connectivity index (χ4n) is 1.41. The molecule has 1 heterocycles. The van der Waals surface area contributed by atoms with Crippen molar-refractivity contribution in [2.45, 2.75) is 32.2 Å². The number of rotatable bonds is 6. The van der Waals surface area contributed by atoms with Crippen LogP contribution in [0.2, 0.25) is 0 Å². The van der Waals surface area contributed by atoms with Crippen LogP contribution in [0.15, 0.2) is 12.3 Å². The van der Waals surface area contributed by atoms with Crippen LogP contribution in [-0.2, 0) is 0 Å². The molecule has 0 aliphatic carbocycles. The molecule has 0 radical (unpaired) electrons. The number of hydrogen-bond acceptors (Lipinski definition) is 6. The minimum atomic E-state index is -0.626. The van der Waals surface area contributed by atoms with Crippen molar-refractivity contribution in [3.05, 3.63) is 27.9 Å². The Hall–Kier alpha value is -2.20. The molecule has 1 aromatic heterocycles. The predicted molar refractivity (Wildman–Crippen MR) is 68.6 cm³/mol. The Labute approximate surface area is 111 Å². The van der Waals surface area contributed by atoms with E-state index in [1.54, 1.807) is 6.07 Å². The van der Waals surface area contributed by atoms with Crippen LogP contribution in [0.5, 0.6) is 5.88 Å². The zero-order chi connectivity index (χ0) is 14.5. The van der Waals surface area contributed by atoms with Gasteiger partial charge in [-0.3, -0.25) is 10.1 Å². The van der Waals surface area contributed by atoms with E-state index in [2.05, 4.69) is 4.98 Å². The number of nitrogens with two attached hydrogens (primary N) is 1. The van der Waals surface area contributed by atoms with Crippen molar-refractivity contribution >= 4 is 5.69 Å². The summed E-state index contributed by atoms with van der Waals surface area (Å²) >= 11 is 0. The standard InChI is InChI=1S/C12H16N4O3/c1-3-12(14,4-2)8-19-11-10(16(17)18)5-9(6-13)7-15-11/h5,7H,3-4,8,14H2,1-2H3. The van der Waals surface area contributed by atoms with E-state index in [-0.39, 0.29) is 23.7 Å². The second kappa shape index (κ2) is 6.11. The van der Waals surface area contributed by atoms with Crippen LogP contribution >= 0.6 is 0 Å². The van der Waals surface area contributed by atoms with Gasteiger partial charge < -0.3 is 10.5 Å². The molecular formula is C12H16N4O3. The average molecular weight is 264 g/mol. The molecule has 0 aliphatic rings. The third-order valence-electron chi connectivity index (χ3n) is 3.06. The second-order valence-electron chi connectivity index (χ2n) is 4.28. The number of aromatic nitrogens is 1. The monoisotopic (exact) mass is 264 g/mol. The van der Waals surface area contributed by atoms with Gasteiger partial charge in [0, 0.05) is 17.8 Å². The van der Waals surface area contributed by atoms with Gasteiger partial charge in [-0.05, 0) is 12.8 Å². The summed E-state index contributed by atoms with van der Waals surface area (Å²) in [7, 11) is 0. The maximum Gasteiger partial charge on any atom is 0.332 e. The highest BCUT2D eigenvalue weighted by atomic mass is 16.6. The van der Waals surface area contributed by atoms with Gasteiger partial charge in [0.25, 0.3) is 5.88 Å². The van der Waals surface area contributed by atoms with Crippen molar-refractivity contribution in [1.29, 1.82) is 5.26 Å². The van der Waals surface area contributed by atoms with Crippen molar-refractivity contribution in [2.24, 2.45) is 5.73 Å². The second-order valence-corrected chi connectivity index (χ2v) is 4.28. The number of ether oxygens (including phenoxy) is 1. The van der Waals surface area contributed by atoms with E-state index in [0.717, 1.165) is 6.07 Å². The molecule has 0 unspecified atom stereocenters. The molecule has 1 rings (SSSR count). The Morgan fingerprint density at radius 2 is 2.21 bits per heavy atom. The molecule has 102 valence electrons. The Balaban J connectivity index is 2.96. The lowest BCUT2D eigenvalue weighted by molar-refractivity contribution is -0.386. The molecular weight excluding hydrogens is 248 g/mol. The molecule has 7 nitrogen and oxygen atoms in total. The van der Waals surface area contributed by atoms with Crippen LogP contribution in [0, 0.1) is 21.4 Å². The lowest BCUT2D eigenvalue weighted by Crippen LogP contribution is -2.44. The third kappa shape index (κ3) is 3.63. The molecule has 0 saturated heterocycles. The quantitative estimate of drug-likeness (QED) is 0.618. The average Bonchev–Trinajstić information content (AvgIpc) is 2.44. The Morgan fingerprint density at radius 1 is 1.58 bits per heavy atom. The zero-order valence-electron chi connectivity index (χ0n) is 10.9. The van der Waals surface area contributed by atoms with Crippen molar-refractivity contribution in [1.82, 2.24) is 4.98 Å². The summed E-state index contributed by atoms with van der Waals surface area (Å²) in [5, 5.41) is 19.6. The van der Waals surface area contributed by atoms with Gasteiger partial charge in [-0.1, -0.05) is 13.8 Å². The molecule has 0 amide bonds. The van der Waals surface area contributed by atoms with E-state index >= 15 is 0 Å². The van der Waals surface area contributed by atoms with Crippen molar-refractivity contribution < 1.29 is 9.66 Å². The maximum atomic E-state index is 10.9. The first-order chi connectivity index (χ1) is 8.95. The van der Waals surface area contributed by atoms with E-state index in [1.807, 2.05) is 13.8 Å². The molecule has 0 bridgehead atoms. The molecule has 0 aliphatic heterocycles. The molecule has 2 N–H and O–H groups in total. The highest BCUT2D eigenvalue weighted by Gasteiger charge is 2.24. The first-order valence-corrected chi connectivity index (χ1v) is 5.92. The Kier molecular flexibility index (Phi) is 4.78. The molecule has 0 aromatic carbocycles. The van der Waals surface area contributed by atoms with Gasteiger partial charge in [0.05, 0.1) is 10.5 Å². The summed E-state index contributed by atoms with van der Waals surface area (Å²) < 4.78 is 5.36. The third-order valence-corrected chi connectivity index (χ3v) is 3.06. The van der Waals surface area contributed by atoms with E-state index < -0.39 is 10.5 Å². The molecule has 19 heavy (non-hydrogen) atoms. The number of hydrogen-bond donors (Lipinski definition) is 1. The normalized spacial score (nSPS) is 10.8. The first-order valence-electron chi connectivity index (χ1n) is 5.92. The number of pyridine rings is 1. The Bertz CT molecular complexity index is 506. The van der Waals surface area contributed by atoms with Crippen LogP contribution in [0.25, 0.3) is 0 Å². The van der Waals surface area contributed by atoms with Gasteiger partial charge >= 0.3 is 5.69 Å². The number of nitrogens with zero attached hydrogens (tertiary/aromatic N) is 3. The van der Waals surface area contributed by atoms with Gasteiger partial charge in [0.1, 0.15) is 12.7 Å². The van der Waals surface area contributed by atoms with Crippen molar-refractivity contribution in [3.63, 3.8) is 0 Å². The van der Waals surface area contributed by atoms with E-state index in [9.17, 15) is 10.1 Å². The summed E-state index contributed by atoms with van der Waals surface area (Å²) in [6.45, 7) is 3.99. The zero-order valence-corrected chi connectivity index (χ0v) is 10.9. The molecule has 0 atom stereocenters. The van der Waals surface area contributed by atoms with Gasteiger partial charge in [-0.2, -0.15) is 5.26 Å². The van der Waals surface area contributed by atoms with E-state index in [4.69, 9.17) is 15.7 Å². The summed E-state index contributed by atoms with van der Waals surface area (Å²) in [6.07, 6.45) is 2.61. The lowest BCUT2D eigenvalue weighted by atomic mass is 9.96. The smallest absolute Gasteiger partial charge is 0.332 e. The van der Waals surface area contributed by atoms with Gasteiger partial charge in [-0.15, -0.1) is 0 Å². The van der Waals surface area contributed by atoms with Crippen LogP contribution in [0.1, 0.15) is 32.3 Å². The topological polar surface area (TPSA) is 115 Å². The molecule has 7 heteroatoms. The first kappa shape index (κ1) is 14.9. The summed E-state index contributed by atoms with van der Waals surface area (Å²) in [5.74, 6) is -0.110. The highest BCUT2D eigenvalue weighted by Crippen LogP contribution is 2.26. The maximum absolute atomic E-state index is 10.9. The summed E-state index contributed by atoms with van der Waals surface area (Å²) in [6, 6.07) is 2.93. The molecule has 0 spiro atoms. The largest absolute Gasteiger partial charge is 0.471 e. The van der Waals surface area contributed by atoms with Gasteiger partial charge in [-0.25, -0.2) is 4.98 Å². The van der Waals surface area contributed by atoms with E-state index in [0.29, 0.717) is 12.8 Å². The van der Waals surface area contributed by atoms with Crippen LogP contribution < -0.4 is 10.5 Å². The van der Waals surface area contributed by atoms with Crippen LogP contribution in [0.3, 0.4) is 0 Å². The highest BCUT2D eigenvalue weighted by molar-refractivity contribution is 5.46.